The summed E-state index contributed by atoms with van der Waals surface area (Å²) in [6.07, 6.45) is -0.783. The van der Waals surface area contributed by atoms with Gasteiger partial charge < -0.3 is 15.7 Å². The number of aliphatic hydroxyl groups excluding tert-OH is 1. The maximum Gasteiger partial charge on any atom is 0.241 e. The van der Waals surface area contributed by atoms with Crippen molar-refractivity contribution in [3.63, 3.8) is 0 Å². The molecule has 0 aliphatic carbocycles. The number of likely N-dealkylation sites (N-methyl/N-ethyl adjacent to an activating group) is 1. The van der Waals surface area contributed by atoms with E-state index in [2.05, 4.69) is 0 Å². The lowest BCUT2D eigenvalue weighted by atomic mass is 10.2. The number of carbonyl (C=O) groups excluding carboxylic acids is 1. The second-order valence-corrected chi connectivity index (χ2v) is 2.50. The molecular weight excluding hydrogens is 132 g/mol. The van der Waals surface area contributed by atoms with E-state index in [1.165, 1.54) is 11.8 Å². The van der Waals surface area contributed by atoms with Crippen molar-refractivity contribution in [1.29, 1.82) is 0 Å². The van der Waals surface area contributed by atoms with Crippen molar-refractivity contribution in [3.05, 3.63) is 0 Å². The van der Waals surface area contributed by atoms with E-state index in [0.29, 0.717) is 0 Å². The topological polar surface area (TPSA) is 66.6 Å². The van der Waals surface area contributed by atoms with E-state index in [4.69, 9.17) is 10.8 Å². The summed E-state index contributed by atoms with van der Waals surface area (Å²) in [5.74, 6) is -0.255. The molecule has 3 N–H and O–H groups in total. The normalized spacial score (nSPS) is 16.1. The highest BCUT2D eigenvalue weighted by molar-refractivity contribution is 5.81. The minimum Gasteiger partial charge on any atom is -0.391 e. The van der Waals surface area contributed by atoms with Crippen LogP contribution >= 0.6 is 0 Å². The lowest BCUT2D eigenvalue weighted by Crippen LogP contribution is -2.46. The summed E-state index contributed by atoms with van der Waals surface area (Å²) in [7, 11) is 3.20. The largest absolute Gasteiger partial charge is 0.391 e. The third-order valence-corrected chi connectivity index (χ3v) is 1.25. The Morgan fingerprint density at radius 2 is 2.00 bits per heavy atom. The highest BCUT2D eigenvalue weighted by Gasteiger charge is 2.19. The third kappa shape index (κ3) is 2.33. The first-order valence-corrected chi connectivity index (χ1v) is 3.11. The van der Waals surface area contributed by atoms with Crippen LogP contribution in [0.1, 0.15) is 6.92 Å². The van der Waals surface area contributed by atoms with Crippen LogP contribution in [0.2, 0.25) is 0 Å². The molecule has 0 spiro atoms. The molecule has 4 heteroatoms. The van der Waals surface area contributed by atoms with Crippen LogP contribution in [-0.2, 0) is 4.79 Å². The van der Waals surface area contributed by atoms with Crippen molar-refractivity contribution < 1.29 is 9.90 Å². The molecular formula is C6H14N2O2. The van der Waals surface area contributed by atoms with Gasteiger partial charge in [-0.15, -0.1) is 0 Å². The molecule has 2 unspecified atom stereocenters. The molecule has 0 saturated carbocycles. The first-order chi connectivity index (χ1) is 4.46. The Morgan fingerprint density at radius 3 is 2.10 bits per heavy atom. The maximum atomic E-state index is 10.9. The zero-order chi connectivity index (χ0) is 8.31. The number of carbonyl (C=O) groups is 1. The van der Waals surface area contributed by atoms with Gasteiger partial charge in [0.15, 0.2) is 0 Å². The quantitative estimate of drug-likeness (QED) is 0.513. The lowest BCUT2D eigenvalue weighted by molar-refractivity contribution is -0.132. The molecule has 0 aromatic rings. The highest BCUT2D eigenvalue weighted by Crippen LogP contribution is 1.91. The minimum absolute atomic E-state index is 0.255. The number of nitrogens with zero attached hydrogens (tertiary/aromatic N) is 1. The SMILES string of the molecule is CC(O)C(N)C(=O)N(C)C. The van der Waals surface area contributed by atoms with Gasteiger partial charge in [-0.1, -0.05) is 0 Å². The Bertz CT molecular complexity index is 123. The van der Waals surface area contributed by atoms with Crippen molar-refractivity contribution in [2.45, 2.75) is 19.1 Å². The van der Waals surface area contributed by atoms with Crippen molar-refractivity contribution in [3.8, 4) is 0 Å². The number of rotatable bonds is 2. The van der Waals surface area contributed by atoms with Crippen LogP contribution in [0.15, 0.2) is 0 Å². The molecule has 0 aromatic heterocycles. The Kier molecular flexibility index (Phi) is 3.32. The zero-order valence-corrected chi connectivity index (χ0v) is 6.53. The van der Waals surface area contributed by atoms with E-state index in [1.807, 2.05) is 0 Å². The highest BCUT2D eigenvalue weighted by atomic mass is 16.3. The number of hydrogen-bond donors (Lipinski definition) is 2. The summed E-state index contributed by atoms with van der Waals surface area (Å²) in [4.78, 5) is 12.3. The van der Waals surface area contributed by atoms with Crippen molar-refractivity contribution in [2.75, 3.05) is 14.1 Å². The van der Waals surface area contributed by atoms with Crippen LogP contribution in [0.25, 0.3) is 0 Å². The van der Waals surface area contributed by atoms with E-state index in [0.717, 1.165) is 0 Å². The summed E-state index contributed by atoms with van der Waals surface area (Å²) in [5.41, 5.74) is 5.32. The summed E-state index contributed by atoms with van der Waals surface area (Å²) < 4.78 is 0. The molecule has 0 aliphatic rings. The Labute approximate surface area is 60.6 Å². The summed E-state index contributed by atoms with van der Waals surface area (Å²) in [5, 5.41) is 8.87. The van der Waals surface area contributed by atoms with Crippen LogP contribution in [0.3, 0.4) is 0 Å². The van der Waals surface area contributed by atoms with Gasteiger partial charge in [0.25, 0.3) is 0 Å². The fourth-order valence-corrected chi connectivity index (χ4v) is 0.504. The standard InChI is InChI=1S/C6H14N2O2/c1-4(9)5(7)6(10)8(2)3/h4-5,9H,7H2,1-3H3. The monoisotopic (exact) mass is 146 g/mol. The smallest absolute Gasteiger partial charge is 0.241 e. The molecule has 0 aliphatic heterocycles. The lowest BCUT2D eigenvalue weighted by Gasteiger charge is -2.18. The molecule has 4 nitrogen and oxygen atoms in total. The molecule has 60 valence electrons. The molecule has 0 aromatic carbocycles. The third-order valence-electron chi connectivity index (χ3n) is 1.25. The molecule has 1 amide bonds. The predicted molar refractivity (Wildman–Crippen MR) is 38.4 cm³/mol. The van der Waals surface area contributed by atoms with Gasteiger partial charge in [0, 0.05) is 14.1 Å². The number of amides is 1. The summed E-state index contributed by atoms with van der Waals surface area (Å²) >= 11 is 0. The van der Waals surface area contributed by atoms with Crippen LogP contribution < -0.4 is 5.73 Å². The average molecular weight is 146 g/mol. The van der Waals surface area contributed by atoms with Gasteiger partial charge in [0.05, 0.1) is 6.10 Å². The summed E-state index contributed by atoms with van der Waals surface area (Å²) in [6.45, 7) is 1.49. The van der Waals surface area contributed by atoms with Crippen LogP contribution in [-0.4, -0.2) is 42.2 Å². The van der Waals surface area contributed by atoms with Gasteiger partial charge in [-0.25, -0.2) is 0 Å². The van der Waals surface area contributed by atoms with E-state index < -0.39 is 12.1 Å². The summed E-state index contributed by atoms with van der Waals surface area (Å²) in [6, 6.07) is -0.796. The van der Waals surface area contributed by atoms with Crippen LogP contribution in [0, 0.1) is 0 Å². The molecule has 10 heavy (non-hydrogen) atoms. The number of aliphatic hydroxyl groups is 1. The van der Waals surface area contributed by atoms with Crippen molar-refractivity contribution in [2.24, 2.45) is 5.73 Å². The average Bonchev–Trinajstić information content (AvgIpc) is 1.84. The molecule has 0 heterocycles. The number of hydrogen-bond acceptors (Lipinski definition) is 3. The fraction of sp³-hybridized carbons (Fsp3) is 0.833. The van der Waals surface area contributed by atoms with Gasteiger partial charge in [-0.05, 0) is 6.92 Å². The number of nitrogens with two attached hydrogens (primary N) is 1. The van der Waals surface area contributed by atoms with Gasteiger partial charge in [0.2, 0.25) is 5.91 Å². The van der Waals surface area contributed by atoms with E-state index in [9.17, 15) is 4.79 Å². The molecule has 0 saturated heterocycles. The Morgan fingerprint density at radius 1 is 1.60 bits per heavy atom. The second-order valence-electron chi connectivity index (χ2n) is 2.50. The first-order valence-electron chi connectivity index (χ1n) is 3.11. The van der Waals surface area contributed by atoms with E-state index >= 15 is 0 Å². The molecule has 0 bridgehead atoms. The van der Waals surface area contributed by atoms with Gasteiger partial charge in [-0.2, -0.15) is 0 Å². The van der Waals surface area contributed by atoms with Crippen LogP contribution in [0.5, 0.6) is 0 Å². The Balaban J connectivity index is 3.95. The molecule has 0 radical (unpaired) electrons. The van der Waals surface area contributed by atoms with E-state index in [1.54, 1.807) is 14.1 Å². The zero-order valence-electron chi connectivity index (χ0n) is 6.53. The van der Waals surface area contributed by atoms with Gasteiger partial charge in [-0.3, -0.25) is 4.79 Å². The predicted octanol–water partition coefficient (Wildman–Crippen LogP) is -1.22. The maximum absolute atomic E-state index is 10.9. The van der Waals surface area contributed by atoms with E-state index in [-0.39, 0.29) is 5.91 Å². The van der Waals surface area contributed by atoms with Gasteiger partial charge >= 0.3 is 0 Å². The van der Waals surface area contributed by atoms with Crippen molar-refractivity contribution >= 4 is 5.91 Å². The minimum atomic E-state index is -0.796. The van der Waals surface area contributed by atoms with Crippen molar-refractivity contribution in [1.82, 2.24) is 4.90 Å². The molecule has 2 atom stereocenters. The fourth-order valence-electron chi connectivity index (χ4n) is 0.504. The Hall–Kier alpha value is -0.610. The first kappa shape index (κ1) is 9.39. The molecule has 0 rings (SSSR count). The molecule has 0 fully saturated rings. The van der Waals surface area contributed by atoms with Crippen LogP contribution in [0.4, 0.5) is 0 Å². The van der Waals surface area contributed by atoms with Gasteiger partial charge in [0.1, 0.15) is 6.04 Å². The second kappa shape index (κ2) is 3.53.